The van der Waals surface area contributed by atoms with Crippen LogP contribution in [0.5, 0.6) is 0 Å². The zero-order valence-corrected chi connectivity index (χ0v) is 12.4. The second kappa shape index (κ2) is 5.90. The number of nitrogens with two attached hydrogens (primary N) is 1. The van der Waals surface area contributed by atoms with E-state index in [1.165, 1.54) is 16.3 Å². The largest absolute Gasteiger partial charge is 0.379 e. The van der Waals surface area contributed by atoms with E-state index >= 15 is 0 Å². The summed E-state index contributed by atoms with van der Waals surface area (Å²) < 4.78 is 0. The molecule has 1 atom stereocenters. The number of hydrogen-bond donors (Lipinski definition) is 2. The van der Waals surface area contributed by atoms with Gasteiger partial charge in [-0.2, -0.15) is 0 Å². The summed E-state index contributed by atoms with van der Waals surface area (Å²) in [5.41, 5.74) is 7.95. The Morgan fingerprint density at radius 3 is 2.32 bits per heavy atom. The van der Waals surface area contributed by atoms with Crippen molar-refractivity contribution < 1.29 is 4.79 Å². The van der Waals surface area contributed by atoms with Gasteiger partial charge in [0.05, 0.1) is 0 Å². The molecule has 3 heteroatoms. The first-order valence-electron chi connectivity index (χ1n) is 7.28. The number of fused-ring (bicyclic) bond motifs is 1. The van der Waals surface area contributed by atoms with Crippen molar-refractivity contribution in [1.82, 2.24) is 0 Å². The van der Waals surface area contributed by atoms with Crippen LogP contribution in [-0.2, 0) is 0 Å². The molecule has 110 valence electrons. The van der Waals surface area contributed by atoms with Crippen LogP contribution in [0.25, 0.3) is 10.8 Å². The van der Waals surface area contributed by atoms with Crippen molar-refractivity contribution in [3.05, 3.63) is 77.9 Å². The van der Waals surface area contributed by atoms with Crippen molar-refractivity contribution >= 4 is 22.4 Å². The maximum atomic E-state index is 11.1. The number of carbonyl (C=O) groups is 1. The van der Waals surface area contributed by atoms with Gasteiger partial charge in [-0.3, -0.25) is 4.79 Å². The lowest BCUT2D eigenvalue weighted by atomic mass is 10.0. The number of anilines is 1. The van der Waals surface area contributed by atoms with Crippen molar-refractivity contribution in [3.8, 4) is 0 Å². The molecule has 3 aromatic rings. The van der Waals surface area contributed by atoms with Crippen LogP contribution in [0.4, 0.5) is 5.69 Å². The van der Waals surface area contributed by atoms with E-state index in [1.54, 1.807) is 12.1 Å². The highest BCUT2D eigenvalue weighted by Gasteiger charge is 2.07. The Kier molecular flexibility index (Phi) is 3.79. The molecule has 1 unspecified atom stereocenters. The predicted molar refractivity (Wildman–Crippen MR) is 90.9 cm³/mol. The van der Waals surface area contributed by atoms with E-state index < -0.39 is 5.91 Å². The standard InChI is InChI=1S/C19H18N2O/c1-13(21-18-10-8-15(9-11-18)19(20)22)16-7-6-14-4-2-3-5-17(14)12-16/h2-13,21H,1H3,(H2,20,22). The molecule has 3 nitrogen and oxygen atoms in total. The third-order valence-electron chi connectivity index (χ3n) is 3.83. The van der Waals surface area contributed by atoms with Crippen LogP contribution in [0.2, 0.25) is 0 Å². The predicted octanol–water partition coefficient (Wildman–Crippen LogP) is 4.11. The van der Waals surface area contributed by atoms with Gasteiger partial charge in [-0.1, -0.05) is 36.4 Å². The third-order valence-corrected chi connectivity index (χ3v) is 3.83. The van der Waals surface area contributed by atoms with Crippen LogP contribution < -0.4 is 11.1 Å². The molecule has 0 saturated heterocycles. The normalized spacial score (nSPS) is 12.0. The molecule has 0 aliphatic rings. The lowest BCUT2D eigenvalue weighted by Crippen LogP contribution is -2.11. The first-order valence-corrected chi connectivity index (χ1v) is 7.28. The molecule has 22 heavy (non-hydrogen) atoms. The van der Waals surface area contributed by atoms with Gasteiger partial charge < -0.3 is 11.1 Å². The lowest BCUT2D eigenvalue weighted by Gasteiger charge is -2.16. The van der Waals surface area contributed by atoms with E-state index in [0.717, 1.165) is 5.69 Å². The summed E-state index contributed by atoms with van der Waals surface area (Å²) >= 11 is 0. The molecule has 3 rings (SSSR count). The van der Waals surface area contributed by atoms with Gasteiger partial charge in [0.25, 0.3) is 0 Å². The number of primary amides is 1. The summed E-state index contributed by atoms with van der Waals surface area (Å²) in [6.07, 6.45) is 0. The van der Waals surface area contributed by atoms with Crippen LogP contribution in [0.1, 0.15) is 28.9 Å². The Balaban J connectivity index is 1.80. The van der Waals surface area contributed by atoms with Gasteiger partial charge in [-0.25, -0.2) is 0 Å². The summed E-state index contributed by atoms with van der Waals surface area (Å²) in [4.78, 5) is 11.1. The molecule has 0 aromatic heterocycles. The first-order chi connectivity index (χ1) is 10.6. The van der Waals surface area contributed by atoms with Gasteiger partial charge in [-0.15, -0.1) is 0 Å². The Morgan fingerprint density at radius 2 is 1.64 bits per heavy atom. The second-order valence-electron chi connectivity index (χ2n) is 5.41. The summed E-state index contributed by atoms with van der Waals surface area (Å²) in [7, 11) is 0. The average Bonchev–Trinajstić information content (AvgIpc) is 2.55. The van der Waals surface area contributed by atoms with Gasteiger partial charge in [0.1, 0.15) is 0 Å². The molecule has 0 radical (unpaired) electrons. The minimum atomic E-state index is -0.408. The molecule has 0 saturated carbocycles. The number of hydrogen-bond acceptors (Lipinski definition) is 2. The Hall–Kier alpha value is -2.81. The molecule has 0 fully saturated rings. The van der Waals surface area contributed by atoms with E-state index in [9.17, 15) is 4.79 Å². The van der Waals surface area contributed by atoms with Gasteiger partial charge in [0.15, 0.2) is 0 Å². The van der Waals surface area contributed by atoms with E-state index in [4.69, 9.17) is 5.73 Å². The molecule has 0 spiro atoms. The fourth-order valence-corrected chi connectivity index (χ4v) is 2.54. The molecule has 0 bridgehead atoms. The van der Waals surface area contributed by atoms with Crippen molar-refractivity contribution in [2.24, 2.45) is 5.73 Å². The van der Waals surface area contributed by atoms with Gasteiger partial charge in [-0.05, 0) is 53.6 Å². The summed E-state index contributed by atoms with van der Waals surface area (Å²) in [6.45, 7) is 2.12. The molecular formula is C19H18N2O. The number of carbonyl (C=O) groups excluding carboxylic acids is 1. The van der Waals surface area contributed by atoms with Crippen LogP contribution in [0, 0.1) is 0 Å². The Labute approximate surface area is 129 Å². The number of amides is 1. The van der Waals surface area contributed by atoms with Crippen molar-refractivity contribution in [2.45, 2.75) is 13.0 Å². The maximum absolute atomic E-state index is 11.1. The van der Waals surface area contributed by atoms with E-state index in [0.29, 0.717) is 5.56 Å². The van der Waals surface area contributed by atoms with E-state index in [2.05, 4.69) is 42.6 Å². The SMILES string of the molecule is CC(Nc1ccc(C(N)=O)cc1)c1ccc2ccccc2c1. The topological polar surface area (TPSA) is 55.1 Å². The van der Waals surface area contributed by atoms with Gasteiger partial charge >= 0.3 is 0 Å². The monoisotopic (exact) mass is 290 g/mol. The second-order valence-corrected chi connectivity index (χ2v) is 5.41. The van der Waals surface area contributed by atoms with Crippen LogP contribution in [0.3, 0.4) is 0 Å². The summed E-state index contributed by atoms with van der Waals surface area (Å²) in [5.74, 6) is -0.408. The molecule has 0 aliphatic carbocycles. The molecular weight excluding hydrogens is 272 g/mol. The maximum Gasteiger partial charge on any atom is 0.248 e. The first kappa shape index (κ1) is 14.1. The highest BCUT2D eigenvalue weighted by Crippen LogP contribution is 2.23. The van der Waals surface area contributed by atoms with Crippen molar-refractivity contribution in [3.63, 3.8) is 0 Å². The van der Waals surface area contributed by atoms with E-state index in [-0.39, 0.29) is 6.04 Å². The molecule has 3 aromatic carbocycles. The smallest absolute Gasteiger partial charge is 0.248 e. The highest BCUT2D eigenvalue weighted by atomic mass is 16.1. The minimum absolute atomic E-state index is 0.170. The fourth-order valence-electron chi connectivity index (χ4n) is 2.54. The summed E-state index contributed by atoms with van der Waals surface area (Å²) in [5, 5.41) is 5.91. The van der Waals surface area contributed by atoms with Crippen LogP contribution >= 0.6 is 0 Å². The third kappa shape index (κ3) is 2.93. The molecule has 0 heterocycles. The zero-order valence-electron chi connectivity index (χ0n) is 12.4. The molecule has 1 amide bonds. The molecule has 0 aliphatic heterocycles. The van der Waals surface area contributed by atoms with Crippen molar-refractivity contribution in [1.29, 1.82) is 0 Å². The molecule has 3 N–H and O–H groups in total. The van der Waals surface area contributed by atoms with Crippen LogP contribution in [0.15, 0.2) is 66.7 Å². The number of nitrogens with one attached hydrogen (secondary N) is 1. The van der Waals surface area contributed by atoms with Crippen molar-refractivity contribution in [2.75, 3.05) is 5.32 Å². The minimum Gasteiger partial charge on any atom is -0.379 e. The Morgan fingerprint density at radius 1 is 0.955 bits per heavy atom. The van der Waals surface area contributed by atoms with E-state index in [1.807, 2.05) is 24.3 Å². The Bertz CT molecular complexity index is 809. The van der Waals surface area contributed by atoms with Gasteiger partial charge in [0, 0.05) is 17.3 Å². The lowest BCUT2D eigenvalue weighted by molar-refractivity contribution is 0.100. The highest BCUT2D eigenvalue weighted by molar-refractivity contribution is 5.93. The van der Waals surface area contributed by atoms with Crippen LogP contribution in [-0.4, -0.2) is 5.91 Å². The number of benzene rings is 3. The summed E-state index contributed by atoms with van der Waals surface area (Å²) in [6, 6.07) is 22.2. The van der Waals surface area contributed by atoms with Gasteiger partial charge in [0.2, 0.25) is 5.91 Å². The average molecular weight is 290 g/mol. The number of rotatable bonds is 4. The fraction of sp³-hybridized carbons (Fsp3) is 0.105. The zero-order chi connectivity index (χ0) is 15.5. The quantitative estimate of drug-likeness (QED) is 0.759.